The Morgan fingerprint density at radius 3 is 2.21 bits per heavy atom. The van der Waals surface area contributed by atoms with Crippen molar-refractivity contribution < 1.29 is 34.7 Å². The van der Waals surface area contributed by atoms with Crippen LogP contribution < -0.4 is 0 Å². The largest absolute Gasteiger partial charge is 0.481 e. The van der Waals surface area contributed by atoms with E-state index >= 15 is 0 Å². The van der Waals surface area contributed by atoms with E-state index in [-0.39, 0.29) is 39.1 Å². The molecule has 0 aromatic heterocycles. The van der Waals surface area contributed by atoms with Gasteiger partial charge in [0, 0.05) is 0 Å². The van der Waals surface area contributed by atoms with E-state index in [2.05, 4.69) is 54.5 Å². The Morgan fingerprint density at radius 2 is 1.53 bits per heavy atom. The van der Waals surface area contributed by atoms with Crippen LogP contribution in [-0.4, -0.2) is 63.2 Å². The zero-order valence-corrected chi connectivity index (χ0v) is 27.9. The molecule has 13 atom stereocenters. The molecule has 0 radical (unpaired) electrons. The van der Waals surface area contributed by atoms with Crippen molar-refractivity contribution in [1.82, 2.24) is 0 Å². The van der Waals surface area contributed by atoms with Crippen molar-refractivity contribution >= 4 is 5.97 Å². The fraction of sp³-hybridized carbons (Fsp3) is 0.917. The summed E-state index contributed by atoms with van der Waals surface area (Å²) in [4.78, 5) is 12.9. The number of ether oxygens (including phenoxy) is 2. The first kappa shape index (κ1) is 32.0. The predicted octanol–water partition coefficient (Wildman–Crippen LogP) is 6.09. The van der Waals surface area contributed by atoms with Crippen molar-refractivity contribution in [1.29, 1.82) is 0 Å². The second-order valence-electron chi connectivity index (χ2n) is 17.8. The molecule has 244 valence electrons. The van der Waals surface area contributed by atoms with Crippen LogP contribution in [0.15, 0.2) is 11.6 Å². The molecule has 4 saturated carbocycles. The zero-order valence-electron chi connectivity index (χ0n) is 27.9. The number of carboxylic acid groups (broad SMARTS) is 1. The number of aliphatic hydroxyl groups is 3. The van der Waals surface area contributed by atoms with E-state index in [1.807, 2.05) is 0 Å². The first-order valence-electron chi connectivity index (χ1n) is 17.1. The molecule has 0 aromatic rings. The molecule has 7 heteroatoms. The van der Waals surface area contributed by atoms with Crippen molar-refractivity contribution in [2.75, 3.05) is 0 Å². The van der Waals surface area contributed by atoms with Crippen LogP contribution >= 0.6 is 0 Å². The lowest BCUT2D eigenvalue weighted by Crippen LogP contribution is -2.66. The van der Waals surface area contributed by atoms with Crippen LogP contribution in [0.5, 0.6) is 0 Å². The number of aliphatic carboxylic acids is 1. The standard InChI is InChI=1S/C36H58O7/c1-20-26(37)27(38)28(39)29(42-20)43-25-12-13-33(6)23(32(25,4)5)11-14-35(8)24(33)10-9-21-22-19-31(2,3)15-17-36(22,30(40)41)18-16-34(21,35)7/h9,20,22-29,37-39H,10-19H2,1-8H3,(H,40,41). The van der Waals surface area contributed by atoms with Gasteiger partial charge in [0.15, 0.2) is 6.29 Å². The summed E-state index contributed by atoms with van der Waals surface area (Å²) in [6.07, 6.45) is 6.63. The van der Waals surface area contributed by atoms with Gasteiger partial charge in [0.25, 0.3) is 0 Å². The van der Waals surface area contributed by atoms with E-state index < -0.39 is 42.1 Å². The van der Waals surface area contributed by atoms with Gasteiger partial charge in [0.2, 0.25) is 0 Å². The summed E-state index contributed by atoms with van der Waals surface area (Å²) in [7, 11) is 0. The van der Waals surface area contributed by atoms with Crippen LogP contribution in [0, 0.1) is 50.2 Å². The molecule has 0 bridgehead atoms. The van der Waals surface area contributed by atoms with E-state index in [0.717, 1.165) is 64.2 Å². The summed E-state index contributed by atoms with van der Waals surface area (Å²) in [5.74, 6) is 0.451. The predicted molar refractivity (Wildman–Crippen MR) is 164 cm³/mol. The van der Waals surface area contributed by atoms with Crippen molar-refractivity contribution in [3.63, 3.8) is 0 Å². The lowest BCUT2D eigenvalue weighted by Gasteiger charge is -2.71. The summed E-state index contributed by atoms with van der Waals surface area (Å²) >= 11 is 0. The van der Waals surface area contributed by atoms with Crippen molar-refractivity contribution in [3.8, 4) is 0 Å². The minimum atomic E-state index is -1.30. The smallest absolute Gasteiger partial charge is 0.310 e. The van der Waals surface area contributed by atoms with Gasteiger partial charge in [-0.15, -0.1) is 0 Å². The quantitative estimate of drug-likeness (QED) is 0.228. The Balaban J connectivity index is 1.30. The first-order valence-corrected chi connectivity index (χ1v) is 17.1. The van der Waals surface area contributed by atoms with E-state index in [0.29, 0.717) is 11.8 Å². The number of fused-ring (bicyclic) bond motifs is 7. The third kappa shape index (κ3) is 4.33. The van der Waals surface area contributed by atoms with Gasteiger partial charge in [-0.3, -0.25) is 4.79 Å². The lowest BCUT2D eigenvalue weighted by atomic mass is 9.33. The van der Waals surface area contributed by atoms with Crippen LogP contribution in [0.25, 0.3) is 0 Å². The summed E-state index contributed by atoms with van der Waals surface area (Å²) < 4.78 is 12.4. The Hall–Kier alpha value is -0.990. The molecule has 0 amide bonds. The fourth-order valence-corrected chi connectivity index (χ4v) is 12.1. The number of allylic oxidation sites excluding steroid dienone is 2. The molecule has 6 aliphatic rings. The molecule has 5 aliphatic carbocycles. The topological polar surface area (TPSA) is 116 Å². The van der Waals surface area contributed by atoms with Gasteiger partial charge in [-0.25, -0.2) is 0 Å². The van der Waals surface area contributed by atoms with Gasteiger partial charge < -0.3 is 29.9 Å². The molecule has 5 fully saturated rings. The molecule has 6 rings (SSSR count). The van der Waals surface area contributed by atoms with Gasteiger partial charge in [0.1, 0.15) is 18.3 Å². The Morgan fingerprint density at radius 1 is 0.860 bits per heavy atom. The Kier molecular flexibility index (Phi) is 7.44. The van der Waals surface area contributed by atoms with Gasteiger partial charge >= 0.3 is 5.97 Å². The molecule has 4 N–H and O–H groups in total. The van der Waals surface area contributed by atoms with Gasteiger partial charge in [-0.2, -0.15) is 0 Å². The molecule has 0 aromatic carbocycles. The summed E-state index contributed by atoms with van der Waals surface area (Å²) in [6, 6.07) is 0. The summed E-state index contributed by atoms with van der Waals surface area (Å²) in [6.45, 7) is 18.5. The number of hydrogen-bond donors (Lipinski definition) is 4. The van der Waals surface area contributed by atoms with Crippen LogP contribution in [0.1, 0.15) is 120 Å². The fourth-order valence-electron chi connectivity index (χ4n) is 12.1. The Labute approximate surface area is 258 Å². The average molecular weight is 603 g/mol. The van der Waals surface area contributed by atoms with Crippen molar-refractivity contribution in [2.24, 2.45) is 50.2 Å². The van der Waals surface area contributed by atoms with Crippen LogP contribution in [-0.2, 0) is 14.3 Å². The summed E-state index contributed by atoms with van der Waals surface area (Å²) in [5.41, 5.74) is 1.02. The lowest BCUT2D eigenvalue weighted by molar-refractivity contribution is -0.324. The second kappa shape index (κ2) is 10.0. The molecule has 1 saturated heterocycles. The molecular formula is C36H58O7. The monoisotopic (exact) mass is 602 g/mol. The Bertz CT molecular complexity index is 1160. The SMILES string of the molecule is CC1OC(OC2CCC3(C)C(CCC4(C)C3CC=C3C5CC(C)(C)CCC5(C(=O)O)CCC34C)C2(C)C)C(O)C(O)C1O. The van der Waals surface area contributed by atoms with Gasteiger partial charge in [-0.05, 0) is 116 Å². The highest BCUT2D eigenvalue weighted by Gasteiger charge is 2.69. The number of aliphatic hydroxyl groups excluding tert-OH is 3. The molecule has 0 spiro atoms. The minimum Gasteiger partial charge on any atom is -0.481 e. The normalized spacial score (nSPS) is 53.8. The minimum absolute atomic E-state index is 0.00835. The maximum atomic E-state index is 12.9. The van der Waals surface area contributed by atoms with Gasteiger partial charge in [0.05, 0.1) is 17.6 Å². The molecule has 1 heterocycles. The number of hydrogen-bond acceptors (Lipinski definition) is 6. The van der Waals surface area contributed by atoms with E-state index in [9.17, 15) is 25.2 Å². The highest BCUT2D eigenvalue weighted by atomic mass is 16.7. The maximum Gasteiger partial charge on any atom is 0.310 e. The molecule has 13 unspecified atom stereocenters. The summed E-state index contributed by atoms with van der Waals surface area (Å²) in [5, 5.41) is 41.9. The number of carbonyl (C=O) groups is 1. The molecule has 43 heavy (non-hydrogen) atoms. The highest BCUT2D eigenvalue weighted by Crippen LogP contribution is 2.76. The third-order valence-corrected chi connectivity index (χ3v) is 15.1. The highest BCUT2D eigenvalue weighted by molar-refractivity contribution is 5.76. The van der Waals surface area contributed by atoms with Crippen LogP contribution in [0.4, 0.5) is 0 Å². The maximum absolute atomic E-state index is 12.9. The van der Waals surface area contributed by atoms with Crippen molar-refractivity contribution in [3.05, 3.63) is 11.6 Å². The average Bonchev–Trinajstić information content (AvgIpc) is 2.91. The van der Waals surface area contributed by atoms with Crippen LogP contribution in [0.2, 0.25) is 0 Å². The molecule has 7 nitrogen and oxygen atoms in total. The first-order chi connectivity index (χ1) is 19.8. The number of rotatable bonds is 3. The van der Waals surface area contributed by atoms with E-state index in [1.54, 1.807) is 6.92 Å². The molecule has 1 aliphatic heterocycles. The number of carboxylic acids is 1. The van der Waals surface area contributed by atoms with Crippen molar-refractivity contribution in [2.45, 2.75) is 156 Å². The third-order valence-electron chi connectivity index (χ3n) is 15.1. The van der Waals surface area contributed by atoms with E-state index in [1.165, 1.54) is 5.57 Å². The van der Waals surface area contributed by atoms with Crippen LogP contribution in [0.3, 0.4) is 0 Å². The molecular weight excluding hydrogens is 544 g/mol. The zero-order chi connectivity index (χ0) is 31.5. The van der Waals surface area contributed by atoms with E-state index in [4.69, 9.17) is 9.47 Å². The second-order valence-corrected chi connectivity index (χ2v) is 17.8. The van der Waals surface area contributed by atoms with Gasteiger partial charge in [-0.1, -0.05) is 60.1 Å².